The Hall–Kier alpha value is -2.02. The van der Waals surface area contributed by atoms with E-state index in [0.717, 1.165) is 12.8 Å². The van der Waals surface area contributed by atoms with E-state index in [2.05, 4.69) is 22.1 Å². The Labute approximate surface area is 100 Å². The van der Waals surface area contributed by atoms with Gasteiger partial charge in [-0.2, -0.15) is 0 Å². The summed E-state index contributed by atoms with van der Waals surface area (Å²) in [5.41, 5.74) is 0.203. The van der Waals surface area contributed by atoms with Gasteiger partial charge in [0.15, 0.2) is 0 Å². The zero-order valence-electron chi connectivity index (χ0n) is 9.91. The molecule has 1 aromatic rings. The fourth-order valence-electron chi connectivity index (χ4n) is 1.60. The van der Waals surface area contributed by atoms with E-state index in [0.29, 0.717) is 11.6 Å². The Morgan fingerprint density at radius 1 is 1.53 bits per heavy atom. The third-order valence-electron chi connectivity index (χ3n) is 2.75. The van der Waals surface area contributed by atoms with Crippen molar-refractivity contribution in [3.8, 4) is 17.7 Å². The molecule has 88 valence electrons. The van der Waals surface area contributed by atoms with E-state index in [1.165, 1.54) is 0 Å². The van der Waals surface area contributed by atoms with E-state index in [-0.39, 0.29) is 5.91 Å². The summed E-state index contributed by atoms with van der Waals surface area (Å²) in [5.74, 6) is 6.26. The number of pyridine rings is 1. The zero-order valence-corrected chi connectivity index (χ0v) is 9.91. The first kappa shape index (κ1) is 11.5. The molecule has 0 radical (unpaired) electrons. The first-order valence-electron chi connectivity index (χ1n) is 5.45. The lowest BCUT2D eigenvalue weighted by Crippen LogP contribution is -2.22. The molecule has 1 fully saturated rings. The van der Waals surface area contributed by atoms with Crippen LogP contribution in [0.15, 0.2) is 18.3 Å². The van der Waals surface area contributed by atoms with Crippen LogP contribution in [-0.4, -0.2) is 18.0 Å². The highest BCUT2D eigenvalue weighted by Gasteiger charge is 2.48. The second-order valence-electron chi connectivity index (χ2n) is 4.00. The van der Waals surface area contributed by atoms with Crippen LogP contribution in [0.3, 0.4) is 0 Å². The first-order valence-corrected chi connectivity index (χ1v) is 5.45. The van der Waals surface area contributed by atoms with Gasteiger partial charge in [0, 0.05) is 6.07 Å². The second-order valence-corrected chi connectivity index (χ2v) is 4.00. The molecule has 17 heavy (non-hydrogen) atoms. The molecular formula is C13H14N2O2. The van der Waals surface area contributed by atoms with Gasteiger partial charge in [-0.1, -0.05) is 5.92 Å². The van der Waals surface area contributed by atoms with Gasteiger partial charge >= 0.3 is 0 Å². The molecule has 1 aliphatic rings. The highest BCUT2D eigenvalue weighted by Crippen LogP contribution is 2.45. The Balaban J connectivity index is 2.05. The number of ether oxygens (including phenoxy) is 1. The number of amides is 1. The van der Waals surface area contributed by atoms with Crippen LogP contribution in [0, 0.1) is 17.3 Å². The van der Waals surface area contributed by atoms with Crippen molar-refractivity contribution in [2.45, 2.75) is 19.8 Å². The molecule has 1 saturated carbocycles. The van der Waals surface area contributed by atoms with Gasteiger partial charge in [-0.15, -0.1) is 5.92 Å². The Kier molecular flexibility index (Phi) is 3.01. The Morgan fingerprint density at radius 3 is 2.76 bits per heavy atom. The number of carbonyl (C=O) groups is 1. The summed E-state index contributed by atoms with van der Waals surface area (Å²) in [7, 11) is 1.55. The molecule has 4 heteroatoms. The molecule has 0 aromatic carbocycles. The average Bonchev–Trinajstić information content (AvgIpc) is 3.12. The van der Waals surface area contributed by atoms with Crippen LogP contribution >= 0.6 is 0 Å². The molecule has 1 aliphatic carbocycles. The van der Waals surface area contributed by atoms with Crippen molar-refractivity contribution in [3.63, 3.8) is 0 Å². The van der Waals surface area contributed by atoms with Crippen molar-refractivity contribution in [2.24, 2.45) is 5.41 Å². The van der Waals surface area contributed by atoms with Crippen LogP contribution in [0.2, 0.25) is 0 Å². The van der Waals surface area contributed by atoms with Gasteiger partial charge in [-0.3, -0.25) is 4.79 Å². The number of hydrogen-bond donors (Lipinski definition) is 1. The Bertz CT molecular complexity index is 478. The lowest BCUT2D eigenvalue weighted by Gasteiger charge is -2.09. The van der Waals surface area contributed by atoms with Gasteiger partial charge in [-0.05, 0) is 25.8 Å². The number of rotatable bonds is 3. The van der Waals surface area contributed by atoms with Crippen molar-refractivity contribution in [2.75, 3.05) is 12.4 Å². The summed E-state index contributed by atoms with van der Waals surface area (Å²) in [6, 6.07) is 3.47. The normalized spacial score (nSPS) is 15.4. The van der Waals surface area contributed by atoms with Crippen LogP contribution < -0.4 is 10.1 Å². The van der Waals surface area contributed by atoms with E-state index in [9.17, 15) is 4.79 Å². The monoisotopic (exact) mass is 230 g/mol. The molecule has 0 unspecified atom stereocenters. The topological polar surface area (TPSA) is 51.2 Å². The van der Waals surface area contributed by atoms with Gasteiger partial charge in [0.2, 0.25) is 11.8 Å². The Morgan fingerprint density at radius 2 is 2.29 bits per heavy atom. The number of anilines is 1. The molecule has 0 spiro atoms. The molecule has 0 aliphatic heterocycles. The van der Waals surface area contributed by atoms with Crippen LogP contribution in [-0.2, 0) is 4.79 Å². The third kappa shape index (κ3) is 2.39. The van der Waals surface area contributed by atoms with Gasteiger partial charge in [0.1, 0.15) is 5.41 Å². The minimum Gasteiger partial charge on any atom is -0.481 e. The van der Waals surface area contributed by atoms with Crippen molar-refractivity contribution in [3.05, 3.63) is 18.3 Å². The second kappa shape index (κ2) is 4.46. The predicted molar refractivity (Wildman–Crippen MR) is 64.5 cm³/mol. The van der Waals surface area contributed by atoms with Gasteiger partial charge in [-0.25, -0.2) is 4.98 Å². The number of methoxy groups -OCH3 is 1. The summed E-state index contributed by atoms with van der Waals surface area (Å²) in [5, 5.41) is 2.82. The van der Waals surface area contributed by atoms with Gasteiger partial charge < -0.3 is 10.1 Å². The number of nitrogens with zero attached hydrogens (tertiary/aromatic N) is 1. The summed E-state index contributed by atoms with van der Waals surface area (Å²) in [6.07, 6.45) is 3.25. The minimum atomic E-state index is -0.464. The van der Waals surface area contributed by atoms with E-state index < -0.39 is 5.41 Å². The van der Waals surface area contributed by atoms with E-state index in [1.54, 1.807) is 32.4 Å². The number of hydrogen-bond acceptors (Lipinski definition) is 3. The molecule has 4 nitrogen and oxygen atoms in total. The molecule has 0 saturated heterocycles. The maximum absolute atomic E-state index is 12.0. The molecule has 1 amide bonds. The van der Waals surface area contributed by atoms with Crippen LogP contribution in [0.1, 0.15) is 19.8 Å². The molecule has 1 aromatic heterocycles. The fraction of sp³-hybridized carbons (Fsp3) is 0.385. The molecule has 1 N–H and O–H groups in total. The van der Waals surface area contributed by atoms with E-state index in [4.69, 9.17) is 4.74 Å². The van der Waals surface area contributed by atoms with E-state index in [1.807, 2.05) is 0 Å². The quantitative estimate of drug-likeness (QED) is 0.806. The SMILES string of the molecule is CC#CC1(C(=O)Nc2ccc(OC)nc2)CC1. The van der Waals surface area contributed by atoms with E-state index >= 15 is 0 Å². The standard InChI is InChI=1S/C13H14N2O2/c1-3-6-13(7-8-13)12(16)15-10-4-5-11(17-2)14-9-10/h4-5,9H,7-8H2,1-2H3,(H,15,16). The number of carbonyl (C=O) groups excluding carboxylic acids is 1. The lowest BCUT2D eigenvalue weighted by molar-refractivity contribution is -0.119. The largest absolute Gasteiger partial charge is 0.481 e. The molecular weight excluding hydrogens is 216 g/mol. The molecule has 1 heterocycles. The van der Waals surface area contributed by atoms with Crippen LogP contribution in [0.4, 0.5) is 5.69 Å². The highest BCUT2D eigenvalue weighted by molar-refractivity contribution is 5.99. The minimum absolute atomic E-state index is 0.0428. The molecule has 0 atom stereocenters. The van der Waals surface area contributed by atoms with Crippen LogP contribution in [0.5, 0.6) is 5.88 Å². The maximum Gasteiger partial charge on any atom is 0.242 e. The number of aromatic nitrogens is 1. The smallest absolute Gasteiger partial charge is 0.242 e. The average molecular weight is 230 g/mol. The van der Waals surface area contributed by atoms with Crippen molar-refractivity contribution >= 4 is 11.6 Å². The summed E-state index contributed by atoms with van der Waals surface area (Å²) < 4.78 is 4.95. The predicted octanol–water partition coefficient (Wildman–Crippen LogP) is 1.83. The highest BCUT2D eigenvalue weighted by atomic mass is 16.5. The summed E-state index contributed by atoms with van der Waals surface area (Å²) in [6.45, 7) is 1.75. The van der Waals surface area contributed by atoms with Gasteiger partial charge in [0.25, 0.3) is 0 Å². The van der Waals surface area contributed by atoms with Crippen molar-refractivity contribution < 1.29 is 9.53 Å². The lowest BCUT2D eigenvalue weighted by atomic mass is 10.1. The van der Waals surface area contributed by atoms with Crippen molar-refractivity contribution in [1.82, 2.24) is 4.98 Å². The summed E-state index contributed by atoms with van der Waals surface area (Å²) >= 11 is 0. The molecule has 0 bridgehead atoms. The maximum atomic E-state index is 12.0. The number of nitrogens with one attached hydrogen (secondary N) is 1. The molecule has 2 rings (SSSR count). The summed E-state index contributed by atoms with van der Waals surface area (Å²) in [4.78, 5) is 16.0. The van der Waals surface area contributed by atoms with Gasteiger partial charge in [0.05, 0.1) is 19.0 Å². The first-order chi connectivity index (χ1) is 8.20. The van der Waals surface area contributed by atoms with Crippen LogP contribution in [0.25, 0.3) is 0 Å². The zero-order chi connectivity index (χ0) is 12.3. The fourth-order valence-corrected chi connectivity index (χ4v) is 1.60. The van der Waals surface area contributed by atoms with Crippen molar-refractivity contribution in [1.29, 1.82) is 0 Å². The third-order valence-corrected chi connectivity index (χ3v) is 2.75.